The SMILES string of the molecule is Nc1nc2ccc3cccnc3c2[se]1. The van der Waals surface area contributed by atoms with Gasteiger partial charge in [0, 0.05) is 0 Å². The molecule has 0 aliphatic carbocycles. The molecule has 3 aromatic rings. The molecule has 0 saturated carbocycles. The molecule has 2 N–H and O–H groups in total. The van der Waals surface area contributed by atoms with E-state index in [2.05, 4.69) is 16.0 Å². The number of anilines is 1. The Kier molecular flexibility index (Phi) is 1.60. The van der Waals surface area contributed by atoms with Crippen molar-refractivity contribution in [2.24, 2.45) is 0 Å². The maximum atomic E-state index is 5.73. The zero-order chi connectivity index (χ0) is 9.54. The molecular weight excluding hydrogens is 241 g/mol. The predicted molar refractivity (Wildman–Crippen MR) is 58.4 cm³/mol. The van der Waals surface area contributed by atoms with Crippen LogP contribution in [0.4, 0.5) is 4.69 Å². The molecule has 0 radical (unpaired) electrons. The predicted octanol–water partition coefficient (Wildman–Crippen LogP) is 1.42. The van der Waals surface area contributed by atoms with Crippen molar-refractivity contribution >= 4 is 39.9 Å². The molecule has 0 amide bonds. The second-order valence-electron chi connectivity index (χ2n) is 3.04. The molecule has 0 spiro atoms. The van der Waals surface area contributed by atoms with Crippen LogP contribution >= 0.6 is 0 Å². The summed E-state index contributed by atoms with van der Waals surface area (Å²) in [4.78, 5) is 8.66. The summed E-state index contributed by atoms with van der Waals surface area (Å²) in [6.07, 6.45) is 1.81. The summed E-state index contributed by atoms with van der Waals surface area (Å²) in [7, 11) is 0. The third-order valence-electron chi connectivity index (χ3n) is 2.14. The molecule has 0 bridgehead atoms. The van der Waals surface area contributed by atoms with Crippen LogP contribution in [0.3, 0.4) is 0 Å². The summed E-state index contributed by atoms with van der Waals surface area (Å²) in [6, 6.07) is 8.06. The molecule has 2 aromatic heterocycles. The minimum atomic E-state index is 0.156. The van der Waals surface area contributed by atoms with E-state index < -0.39 is 0 Å². The Hall–Kier alpha value is -1.38. The number of hydrogen-bond acceptors (Lipinski definition) is 3. The number of pyridine rings is 1. The van der Waals surface area contributed by atoms with E-state index in [0.717, 1.165) is 21.1 Å². The Labute approximate surface area is 86.3 Å². The number of fused-ring (bicyclic) bond motifs is 3. The van der Waals surface area contributed by atoms with Gasteiger partial charge in [-0.05, 0) is 0 Å². The van der Waals surface area contributed by atoms with Gasteiger partial charge in [0.25, 0.3) is 0 Å². The summed E-state index contributed by atoms with van der Waals surface area (Å²) in [5.41, 5.74) is 7.77. The van der Waals surface area contributed by atoms with Crippen LogP contribution < -0.4 is 5.73 Å². The average Bonchev–Trinajstić information content (AvgIpc) is 2.59. The van der Waals surface area contributed by atoms with Crippen LogP contribution in [0.15, 0.2) is 30.5 Å². The van der Waals surface area contributed by atoms with E-state index in [4.69, 9.17) is 5.73 Å². The maximum absolute atomic E-state index is 5.73. The molecule has 3 rings (SSSR count). The fraction of sp³-hybridized carbons (Fsp3) is 0. The Morgan fingerprint density at radius 1 is 1.21 bits per heavy atom. The molecule has 0 aliphatic heterocycles. The number of aromatic nitrogens is 2. The van der Waals surface area contributed by atoms with Gasteiger partial charge in [-0.3, -0.25) is 0 Å². The van der Waals surface area contributed by atoms with Gasteiger partial charge in [0.05, 0.1) is 0 Å². The first-order valence-corrected chi connectivity index (χ1v) is 5.96. The normalized spacial score (nSPS) is 11.1. The zero-order valence-corrected chi connectivity index (χ0v) is 8.98. The molecule has 0 aliphatic rings. The van der Waals surface area contributed by atoms with E-state index in [-0.39, 0.29) is 14.5 Å². The van der Waals surface area contributed by atoms with Crippen molar-refractivity contribution < 1.29 is 0 Å². The third kappa shape index (κ3) is 1.05. The van der Waals surface area contributed by atoms with Crippen molar-refractivity contribution in [3.8, 4) is 0 Å². The molecule has 1 aromatic carbocycles. The molecule has 0 fully saturated rings. The molecular formula is C10H7N3Se. The van der Waals surface area contributed by atoms with E-state index in [1.807, 2.05) is 24.4 Å². The zero-order valence-electron chi connectivity index (χ0n) is 7.27. The molecule has 4 heteroatoms. The number of nitrogens with zero attached hydrogens (tertiary/aromatic N) is 2. The second kappa shape index (κ2) is 2.80. The van der Waals surface area contributed by atoms with Crippen molar-refractivity contribution in [2.75, 3.05) is 5.73 Å². The van der Waals surface area contributed by atoms with Gasteiger partial charge in [-0.15, -0.1) is 0 Å². The molecule has 0 saturated heterocycles. The first-order valence-electron chi connectivity index (χ1n) is 4.24. The topological polar surface area (TPSA) is 51.8 Å². The average molecular weight is 248 g/mol. The van der Waals surface area contributed by atoms with Gasteiger partial charge in [-0.2, -0.15) is 0 Å². The quantitative estimate of drug-likeness (QED) is 0.612. The first-order chi connectivity index (χ1) is 6.84. The van der Waals surface area contributed by atoms with Gasteiger partial charge in [0.2, 0.25) is 0 Å². The van der Waals surface area contributed by atoms with Crippen LogP contribution in [-0.2, 0) is 0 Å². The van der Waals surface area contributed by atoms with E-state index in [1.54, 1.807) is 0 Å². The van der Waals surface area contributed by atoms with Crippen molar-refractivity contribution in [3.05, 3.63) is 30.5 Å². The first kappa shape index (κ1) is 7.97. The van der Waals surface area contributed by atoms with Gasteiger partial charge in [-0.1, -0.05) is 0 Å². The minimum absolute atomic E-state index is 0.156. The van der Waals surface area contributed by atoms with Gasteiger partial charge in [0.1, 0.15) is 0 Å². The number of benzene rings is 1. The van der Waals surface area contributed by atoms with E-state index in [1.165, 1.54) is 4.26 Å². The summed E-state index contributed by atoms with van der Waals surface area (Å²) >= 11 is 0.156. The van der Waals surface area contributed by atoms with Crippen LogP contribution in [0, 0.1) is 0 Å². The van der Waals surface area contributed by atoms with Gasteiger partial charge in [-0.25, -0.2) is 0 Å². The van der Waals surface area contributed by atoms with E-state index in [0.29, 0.717) is 0 Å². The van der Waals surface area contributed by atoms with Crippen molar-refractivity contribution in [3.63, 3.8) is 0 Å². The van der Waals surface area contributed by atoms with E-state index in [9.17, 15) is 0 Å². The fourth-order valence-electron chi connectivity index (χ4n) is 1.54. The molecule has 3 nitrogen and oxygen atoms in total. The van der Waals surface area contributed by atoms with Gasteiger partial charge < -0.3 is 0 Å². The number of nitrogens with two attached hydrogens (primary N) is 1. The second-order valence-corrected chi connectivity index (χ2v) is 5.20. The van der Waals surface area contributed by atoms with Gasteiger partial charge in [0.15, 0.2) is 0 Å². The Balaban J connectivity index is 2.60. The molecule has 14 heavy (non-hydrogen) atoms. The fourth-order valence-corrected chi connectivity index (χ4v) is 3.30. The van der Waals surface area contributed by atoms with Crippen LogP contribution in [0.2, 0.25) is 0 Å². The number of rotatable bonds is 0. The van der Waals surface area contributed by atoms with Crippen molar-refractivity contribution in [1.82, 2.24) is 9.97 Å². The summed E-state index contributed by atoms with van der Waals surface area (Å²) in [5, 5.41) is 1.16. The number of hydrogen-bond donors (Lipinski definition) is 1. The van der Waals surface area contributed by atoms with Crippen molar-refractivity contribution in [2.45, 2.75) is 0 Å². The summed E-state index contributed by atoms with van der Waals surface area (Å²) in [5.74, 6) is 0. The Bertz CT molecular complexity index is 615. The Morgan fingerprint density at radius 3 is 3.07 bits per heavy atom. The van der Waals surface area contributed by atoms with E-state index >= 15 is 0 Å². The standard InChI is InChI=1S/C10H7N3Se/c11-10-13-7-4-3-6-2-1-5-12-8(6)9(7)14-10/h1-5H,(H2,11,13). The third-order valence-corrected chi connectivity index (χ3v) is 4.05. The van der Waals surface area contributed by atoms with Gasteiger partial charge >= 0.3 is 86.0 Å². The Morgan fingerprint density at radius 2 is 2.14 bits per heavy atom. The molecule has 68 valence electrons. The summed E-state index contributed by atoms with van der Waals surface area (Å²) in [6.45, 7) is 0. The summed E-state index contributed by atoms with van der Waals surface area (Å²) < 4.78 is 1.96. The van der Waals surface area contributed by atoms with Crippen LogP contribution in [0.25, 0.3) is 20.7 Å². The van der Waals surface area contributed by atoms with Crippen LogP contribution in [0.5, 0.6) is 0 Å². The molecule has 0 unspecified atom stereocenters. The molecule has 2 heterocycles. The molecule has 0 atom stereocenters. The monoisotopic (exact) mass is 249 g/mol. The van der Waals surface area contributed by atoms with Crippen LogP contribution in [0.1, 0.15) is 0 Å². The number of nitrogen functional groups attached to an aromatic ring is 1. The van der Waals surface area contributed by atoms with Crippen molar-refractivity contribution in [1.29, 1.82) is 0 Å². The van der Waals surface area contributed by atoms with Crippen LogP contribution in [-0.4, -0.2) is 24.5 Å².